The van der Waals surface area contributed by atoms with Crippen molar-refractivity contribution in [3.05, 3.63) is 89.7 Å². The number of carbonyl (C=O) groups excluding carboxylic acids is 1. The molecule has 1 aromatic heterocycles. The van der Waals surface area contributed by atoms with Gasteiger partial charge in [-0.25, -0.2) is 0 Å². The van der Waals surface area contributed by atoms with Gasteiger partial charge in [0, 0.05) is 24.5 Å². The van der Waals surface area contributed by atoms with Crippen LogP contribution in [0.25, 0.3) is 0 Å². The van der Waals surface area contributed by atoms with Crippen LogP contribution in [-0.4, -0.2) is 16.0 Å². The zero-order valence-corrected chi connectivity index (χ0v) is 13.6. The first-order valence-corrected chi connectivity index (χ1v) is 7.90. The predicted octanol–water partition coefficient (Wildman–Crippen LogP) is 3.30. The maximum Gasteiger partial charge on any atom is 0.251 e. The fourth-order valence-corrected chi connectivity index (χ4v) is 2.40. The van der Waals surface area contributed by atoms with E-state index in [1.165, 1.54) is 0 Å². The molecule has 0 bridgehead atoms. The molecule has 0 aliphatic rings. The summed E-state index contributed by atoms with van der Waals surface area (Å²) in [6.07, 6.45) is 3.29. The van der Waals surface area contributed by atoms with Gasteiger partial charge in [-0.15, -0.1) is 0 Å². The van der Waals surface area contributed by atoms with Gasteiger partial charge < -0.3 is 15.2 Å². The second-order valence-corrected chi connectivity index (χ2v) is 5.42. The van der Waals surface area contributed by atoms with Crippen LogP contribution < -0.4 is 10.1 Å². The Bertz CT molecular complexity index is 850. The van der Waals surface area contributed by atoms with E-state index in [0.29, 0.717) is 23.6 Å². The van der Waals surface area contributed by atoms with E-state index in [1.54, 1.807) is 48.8 Å². The van der Waals surface area contributed by atoms with Gasteiger partial charge in [-0.2, -0.15) is 0 Å². The van der Waals surface area contributed by atoms with Gasteiger partial charge in [-0.3, -0.25) is 9.78 Å². The number of aliphatic hydroxyl groups is 1. The van der Waals surface area contributed by atoms with Crippen LogP contribution in [0.1, 0.15) is 21.5 Å². The lowest BCUT2D eigenvalue weighted by Crippen LogP contribution is -2.23. The summed E-state index contributed by atoms with van der Waals surface area (Å²) in [5, 5.41) is 12.2. The Hall–Kier alpha value is -3.18. The number of benzene rings is 2. The predicted molar refractivity (Wildman–Crippen MR) is 94.3 cm³/mol. The maximum absolute atomic E-state index is 12.4. The molecule has 5 nitrogen and oxygen atoms in total. The average molecular weight is 334 g/mol. The van der Waals surface area contributed by atoms with Gasteiger partial charge in [-0.05, 0) is 41.5 Å². The van der Waals surface area contributed by atoms with Gasteiger partial charge in [0.2, 0.25) is 0 Å². The SMILES string of the molecule is O=C(NCc1ccccc1CO)c1cccc(Oc2ccncc2)c1. The first-order chi connectivity index (χ1) is 12.3. The molecular weight excluding hydrogens is 316 g/mol. The summed E-state index contributed by atoms with van der Waals surface area (Å²) in [5.41, 5.74) is 2.20. The summed E-state index contributed by atoms with van der Waals surface area (Å²) in [7, 11) is 0. The van der Waals surface area contributed by atoms with Crippen molar-refractivity contribution in [1.82, 2.24) is 10.3 Å². The Morgan fingerprint density at radius 3 is 2.48 bits per heavy atom. The standard InChI is InChI=1S/C20H18N2O3/c23-14-17-5-2-1-4-16(17)13-22-20(24)15-6-3-7-19(12-15)25-18-8-10-21-11-9-18/h1-12,23H,13-14H2,(H,22,24). The molecule has 3 aromatic rings. The quantitative estimate of drug-likeness (QED) is 0.725. The van der Waals surface area contributed by atoms with Crippen LogP contribution in [0.15, 0.2) is 73.1 Å². The minimum absolute atomic E-state index is 0.0543. The summed E-state index contributed by atoms with van der Waals surface area (Å²) in [5.74, 6) is 1.03. The lowest BCUT2D eigenvalue weighted by atomic mass is 10.1. The fraction of sp³-hybridized carbons (Fsp3) is 0.100. The topological polar surface area (TPSA) is 71.5 Å². The molecular formula is C20H18N2O3. The van der Waals surface area contributed by atoms with E-state index in [1.807, 2.05) is 24.3 Å². The van der Waals surface area contributed by atoms with Crippen LogP contribution >= 0.6 is 0 Å². The minimum atomic E-state index is -0.201. The van der Waals surface area contributed by atoms with Crippen molar-refractivity contribution in [2.24, 2.45) is 0 Å². The van der Waals surface area contributed by atoms with Crippen LogP contribution in [0.2, 0.25) is 0 Å². The van der Waals surface area contributed by atoms with Crippen LogP contribution in [0.5, 0.6) is 11.5 Å². The van der Waals surface area contributed by atoms with Gasteiger partial charge in [0.25, 0.3) is 5.91 Å². The highest BCUT2D eigenvalue weighted by Crippen LogP contribution is 2.21. The molecule has 2 aromatic carbocycles. The number of carbonyl (C=O) groups is 1. The highest BCUT2D eigenvalue weighted by atomic mass is 16.5. The lowest BCUT2D eigenvalue weighted by molar-refractivity contribution is 0.0950. The molecule has 1 amide bonds. The van der Waals surface area contributed by atoms with E-state index in [0.717, 1.165) is 11.1 Å². The molecule has 0 fully saturated rings. The van der Waals surface area contributed by atoms with E-state index in [4.69, 9.17) is 4.74 Å². The summed E-state index contributed by atoms with van der Waals surface area (Å²) in [4.78, 5) is 16.3. The Labute approximate surface area is 145 Å². The van der Waals surface area contributed by atoms with Gasteiger partial charge in [0.1, 0.15) is 11.5 Å². The number of nitrogens with one attached hydrogen (secondary N) is 1. The van der Waals surface area contributed by atoms with Crippen molar-refractivity contribution in [3.63, 3.8) is 0 Å². The number of pyridine rings is 1. The van der Waals surface area contributed by atoms with Gasteiger partial charge in [0.05, 0.1) is 6.61 Å². The average Bonchev–Trinajstić information content (AvgIpc) is 2.67. The molecule has 0 aliphatic heterocycles. The number of rotatable bonds is 6. The second kappa shape index (κ2) is 8.08. The number of amides is 1. The molecule has 2 N–H and O–H groups in total. The number of aliphatic hydroxyl groups excluding tert-OH is 1. The largest absolute Gasteiger partial charge is 0.457 e. The van der Waals surface area contributed by atoms with E-state index >= 15 is 0 Å². The zero-order chi connectivity index (χ0) is 17.5. The summed E-state index contributed by atoms with van der Waals surface area (Å²) < 4.78 is 5.72. The van der Waals surface area contributed by atoms with Crippen LogP contribution in [-0.2, 0) is 13.2 Å². The van der Waals surface area contributed by atoms with Gasteiger partial charge in [-0.1, -0.05) is 30.3 Å². The van der Waals surface area contributed by atoms with Gasteiger partial charge in [0.15, 0.2) is 0 Å². The fourth-order valence-electron chi connectivity index (χ4n) is 2.40. The molecule has 0 saturated heterocycles. The van der Waals surface area contributed by atoms with Crippen molar-refractivity contribution in [2.45, 2.75) is 13.2 Å². The molecule has 0 saturated carbocycles. The second-order valence-electron chi connectivity index (χ2n) is 5.42. The number of ether oxygens (including phenoxy) is 1. The smallest absolute Gasteiger partial charge is 0.251 e. The zero-order valence-electron chi connectivity index (χ0n) is 13.6. The Kier molecular flexibility index (Phi) is 5.39. The number of nitrogens with zero attached hydrogens (tertiary/aromatic N) is 1. The molecule has 0 unspecified atom stereocenters. The Morgan fingerprint density at radius 1 is 0.960 bits per heavy atom. The number of aromatic nitrogens is 1. The summed E-state index contributed by atoms with van der Waals surface area (Å²) in [6.45, 7) is 0.298. The van der Waals surface area contributed by atoms with Gasteiger partial charge >= 0.3 is 0 Å². The first kappa shape index (κ1) is 16.7. The first-order valence-electron chi connectivity index (χ1n) is 7.90. The molecule has 5 heteroatoms. The minimum Gasteiger partial charge on any atom is -0.457 e. The van der Waals surface area contributed by atoms with Crippen molar-refractivity contribution in [1.29, 1.82) is 0 Å². The summed E-state index contributed by atoms with van der Waals surface area (Å²) in [6, 6.07) is 17.9. The van der Waals surface area contributed by atoms with Crippen molar-refractivity contribution in [3.8, 4) is 11.5 Å². The van der Waals surface area contributed by atoms with E-state index < -0.39 is 0 Å². The lowest BCUT2D eigenvalue weighted by Gasteiger charge is -2.10. The molecule has 25 heavy (non-hydrogen) atoms. The maximum atomic E-state index is 12.4. The molecule has 3 rings (SSSR count). The molecule has 0 spiro atoms. The van der Waals surface area contributed by atoms with Crippen LogP contribution in [0.4, 0.5) is 0 Å². The molecule has 0 aliphatic carbocycles. The van der Waals surface area contributed by atoms with Crippen molar-refractivity contribution in [2.75, 3.05) is 0 Å². The van der Waals surface area contributed by atoms with Crippen molar-refractivity contribution < 1.29 is 14.6 Å². The molecule has 1 heterocycles. The highest BCUT2D eigenvalue weighted by Gasteiger charge is 2.08. The third kappa shape index (κ3) is 4.43. The van der Waals surface area contributed by atoms with Crippen molar-refractivity contribution >= 4 is 5.91 Å². The third-order valence-corrected chi connectivity index (χ3v) is 3.71. The monoisotopic (exact) mass is 334 g/mol. The van der Waals surface area contributed by atoms with Crippen LogP contribution in [0.3, 0.4) is 0 Å². The molecule has 0 radical (unpaired) electrons. The third-order valence-electron chi connectivity index (χ3n) is 3.71. The van der Waals surface area contributed by atoms with E-state index in [-0.39, 0.29) is 12.5 Å². The molecule has 0 atom stereocenters. The Balaban J connectivity index is 1.67. The van der Waals surface area contributed by atoms with E-state index in [2.05, 4.69) is 10.3 Å². The normalized spacial score (nSPS) is 10.3. The number of hydrogen-bond donors (Lipinski definition) is 2. The summed E-state index contributed by atoms with van der Waals surface area (Å²) >= 11 is 0. The number of hydrogen-bond acceptors (Lipinski definition) is 4. The Morgan fingerprint density at radius 2 is 1.72 bits per heavy atom. The highest BCUT2D eigenvalue weighted by molar-refractivity contribution is 5.94. The molecule has 126 valence electrons. The van der Waals surface area contributed by atoms with Crippen LogP contribution in [0, 0.1) is 0 Å². The van der Waals surface area contributed by atoms with E-state index in [9.17, 15) is 9.90 Å².